The average molecular weight is 266 g/mol. The number of benzene rings is 2. The van der Waals surface area contributed by atoms with Crippen molar-refractivity contribution in [1.29, 1.82) is 0 Å². The van der Waals surface area contributed by atoms with Crippen LogP contribution < -0.4 is 10.6 Å². The molecule has 0 amide bonds. The minimum atomic E-state index is 0.631. The molecule has 2 atom stereocenters. The molecule has 104 valence electrons. The lowest BCUT2D eigenvalue weighted by molar-refractivity contribution is 0.499. The van der Waals surface area contributed by atoms with Gasteiger partial charge in [-0.1, -0.05) is 42.5 Å². The maximum absolute atomic E-state index is 3.56. The van der Waals surface area contributed by atoms with Crippen LogP contribution in [0.1, 0.15) is 13.3 Å². The first kappa shape index (κ1) is 13.2. The molecule has 20 heavy (non-hydrogen) atoms. The third-order valence-corrected chi connectivity index (χ3v) is 4.25. The topological polar surface area (TPSA) is 24.1 Å². The van der Waals surface area contributed by atoms with Crippen molar-refractivity contribution in [3.05, 3.63) is 54.6 Å². The van der Waals surface area contributed by atoms with Crippen LogP contribution in [-0.4, -0.2) is 19.1 Å². The Morgan fingerprint density at radius 3 is 2.35 bits per heavy atom. The van der Waals surface area contributed by atoms with Crippen LogP contribution in [-0.2, 0) is 0 Å². The van der Waals surface area contributed by atoms with Crippen molar-refractivity contribution < 1.29 is 0 Å². The summed E-state index contributed by atoms with van der Waals surface area (Å²) in [6.07, 6.45) is 1.27. The molecule has 0 bridgehead atoms. The Balaban J connectivity index is 1.62. The Morgan fingerprint density at radius 1 is 1.00 bits per heavy atom. The Labute approximate surface area is 121 Å². The third-order valence-electron chi connectivity index (χ3n) is 4.25. The first-order valence-electron chi connectivity index (χ1n) is 7.46. The Morgan fingerprint density at radius 2 is 1.70 bits per heavy atom. The highest BCUT2D eigenvalue weighted by Gasteiger charge is 2.21. The van der Waals surface area contributed by atoms with Gasteiger partial charge in [0.25, 0.3) is 0 Å². The molecule has 0 radical (unpaired) electrons. The molecule has 0 aromatic heterocycles. The summed E-state index contributed by atoms with van der Waals surface area (Å²) in [6.45, 7) is 4.48. The molecule has 0 aliphatic carbocycles. The number of anilines is 1. The van der Waals surface area contributed by atoms with Crippen molar-refractivity contribution in [1.82, 2.24) is 5.32 Å². The molecule has 1 heterocycles. The highest BCUT2D eigenvalue weighted by atomic mass is 15.0. The summed E-state index contributed by atoms with van der Waals surface area (Å²) in [4.78, 5) is 0. The number of rotatable bonds is 4. The number of hydrogen-bond donors (Lipinski definition) is 2. The lowest BCUT2D eigenvalue weighted by atomic mass is 10.0. The summed E-state index contributed by atoms with van der Waals surface area (Å²) in [5.74, 6) is 0.740. The zero-order valence-electron chi connectivity index (χ0n) is 12.0. The average Bonchev–Trinajstić information content (AvgIpc) is 2.92. The molecule has 1 aliphatic heterocycles. The standard InChI is InChI=1S/C18H22N2/c1-14-17(11-12-19-14)13-20-18-9-7-16(8-10-18)15-5-3-2-4-6-15/h2-10,14,17,19-20H,11-13H2,1H3. The lowest BCUT2D eigenvalue weighted by Gasteiger charge is -2.16. The van der Waals surface area contributed by atoms with Gasteiger partial charge >= 0.3 is 0 Å². The monoisotopic (exact) mass is 266 g/mol. The molecule has 0 saturated carbocycles. The minimum Gasteiger partial charge on any atom is -0.385 e. The molecular weight excluding hydrogens is 244 g/mol. The van der Waals surface area contributed by atoms with Crippen LogP contribution in [0.3, 0.4) is 0 Å². The quantitative estimate of drug-likeness (QED) is 0.880. The molecular formula is C18H22N2. The SMILES string of the molecule is CC1NCCC1CNc1ccc(-c2ccccc2)cc1. The van der Waals surface area contributed by atoms with Crippen LogP contribution in [0.25, 0.3) is 11.1 Å². The molecule has 1 aliphatic rings. The van der Waals surface area contributed by atoms with E-state index in [1.165, 1.54) is 23.2 Å². The van der Waals surface area contributed by atoms with Gasteiger partial charge in [0.05, 0.1) is 0 Å². The van der Waals surface area contributed by atoms with Crippen LogP contribution in [0.2, 0.25) is 0 Å². The summed E-state index contributed by atoms with van der Waals surface area (Å²) in [6, 6.07) is 19.9. The van der Waals surface area contributed by atoms with Crippen molar-refractivity contribution in [2.75, 3.05) is 18.4 Å². The fourth-order valence-electron chi connectivity index (χ4n) is 2.85. The van der Waals surface area contributed by atoms with E-state index in [4.69, 9.17) is 0 Å². The molecule has 0 spiro atoms. The van der Waals surface area contributed by atoms with E-state index in [1.54, 1.807) is 0 Å². The molecule has 2 N–H and O–H groups in total. The van der Waals surface area contributed by atoms with E-state index in [0.717, 1.165) is 19.0 Å². The molecule has 2 nitrogen and oxygen atoms in total. The van der Waals surface area contributed by atoms with E-state index in [0.29, 0.717) is 6.04 Å². The van der Waals surface area contributed by atoms with Crippen LogP contribution in [0.15, 0.2) is 54.6 Å². The van der Waals surface area contributed by atoms with Crippen molar-refractivity contribution >= 4 is 5.69 Å². The van der Waals surface area contributed by atoms with E-state index in [9.17, 15) is 0 Å². The fraction of sp³-hybridized carbons (Fsp3) is 0.333. The van der Waals surface area contributed by atoms with Gasteiger partial charge in [0, 0.05) is 18.3 Å². The molecule has 1 fully saturated rings. The minimum absolute atomic E-state index is 0.631. The molecule has 2 aromatic carbocycles. The van der Waals surface area contributed by atoms with Crippen molar-refractivity contribution in [2.24, 2.45) is 5.92 Å². The molecule has 2 unspecified atom stereocenters. The smallest absolute Gasteiger partial charge is 0.0340 e. The zero-order chi connectivity index (χ0) is 13.8. The predicted molar refractivity (Wildman–Crippen MR) is 85.9 cm³/mol. The van der Waals surface area contributed by atoms with Gasteiger partial charge in [-0.3, -0.25) is 0 Å². The van der Waals surface area contributed by atoms with Crippen LogP contribution in [0.5, 0.6) is 0 Å². The highest BCUT2D eigenvalue weighted by molar-refractivity contribution is 5.65. The molecule has 3 rings (SSSR count). The van der Waals surface area contributed by atoms with Gasteiger partial charge in [0.2, 0.25) is 0 Å². The van der Waals surface area contributed by atoms with E-state index >= 15 is 0 Å². The first-order valence-corrected chi connectivity index (χ1v) is 7.46. The van der Waals surface area contributed by atoms with Gasteiger partial charge in [-0.05, 0) is 49.1 Å². The van der Waals surface area contributed by atoms with Gasteiger partial charge in [0.15, 0.2) is 0 Å². The Hall–Kier alpha value is -1.80. The van der Waals surface area contributed by atoms with E-state index in [1.807, 2.05) is 0 Å². The molecule has 1 saturated heterocycles. The summed E-state index contributed by atoms with van der Waals surface area (Å²) in [7, 11) is 0. The summed E-state index contributed by atoms with van der Waals surface area (Å²) < 4.78 is 0. The largest absolute Gasteiger partial charge is 0.385 e. The van der Waals surface area contributed by atoms with Gasteiger partial charge in [-0.15, -0.1) is 0 Å². The number of hydrogen-bond acceptors (Lipinski definition) is 2. The summed E-state index contributed by atoms with van der Waals surface area (Å²) in [5.41, 5.74) is 3.75. The van der Waals surface area contributed by atoms with Crippen LogP contribution >= 0.6 is 0 Å². The van der Waals surface area contributed by atoms with Crippen molar-refractivity contribution in [3.63, 3.8) is 0 Å². The summed E-state index contributed by atoms with van der Waals surface area (Å²) in [5, 5.41) is 7.05. The van der Waals surface area contributed by atoms with Crippen LogP contribution in [0.4, 0.5) is 5.69 Å². The highest BCUT2D eigenvalue weighted by Crippen LogP contribution is 2.22. The normalized spacial score (nSPS) is 21.9. The fourth-order valence-corrected chi connectivity index (χ4v) is 2.85. The third kappa shape index (κ3) is 3.02. The second kappa shape index (κ2) is 6.10. The van der Waals surface area contributed by atoms with Gasteiger partial charge < -0.3 is 10.6 Å². The maximum atomic E-state index is 3.56. The zero-order valence-corrected chi connectivity index (χ0v) is 12.0. The molecule has 2 heteroatoms. The summed E-state index contributed by atoms with van der Waals surface area (Å²) >= 11 is 0. The maximum Gasteiger partial charge on any atom is 0.0340 e. The van der Waals surface area contributed by atoms with Gasteiger partial charge in [0.1, 0.15) is 0 Å². The van der Waals surface area contributed by atoms with Crippen molar-refractivity contribution in [2.45, 2.75) is 19.4 Å². The Bertz CT molecular complexity index is 533. The van der Waals surface area contributed by atoms with Gasteiger partial charge in [-0.2, -0.15) is 0 Å². The van der Waals surface area contributed by atoms with Crippen LogP contribution in [0, 0.1) is 5.92 Å². The van der Waals surface area contributed by atoms with E-state index in [-0.39, 0.29) is 0 Å². The Kier molecular flexibility index (Phi) is 4.03. The lowest BCUT2D eigenvalue weighted by Crippen LogP contribution is -2.27. The first-order chi connectivity index (χ1) is 9.83. The second-order valence-electron chi connectivity index (χ2n) is 5.62. The predicted octanol–water partition coefficient (Wildman–Crippen LogP) is 3.76. The van der Waals surface area contributed by atoms with E-state index in [2.05, 4.69) is 72.2 Å². The number of nitrogens with one attached hydrogen (secondary N) is 2. The van der Waals surface area contributed by atoms with Gasteiger partial charge in [-0.25, -0.2) is 0 Å². The molecule has 2 aromatic rings. The van der Waals surface area contributed by atoms with E-state index < -0.39 is 0 Å². The van der Waals surface area contributed by atoms with Crippen molar-refractivity contribution in [3.8, 4) is 11.1 Å². The second-order valence-corrected chi connectivity index (χ2v) is 5.62.